The average molecular weight is 322 g/mol. The Morgan fingerprint density at radius 2 is 1.74 bits per heavy atom. The topological polar surface area (TPSA) is 58.6 Å². The Bertz CT molecular complexity index is 558. The smallest absolute Gasteiger partial charge is 0.330 e. The maximum absolute atomic E-state index is 12.9. The summed E-state index contributed by atoms with van der Waals surface area (Å²) in [4.78, 5) is 29.4. The fraction of sp³-hybridized carbons (Fsp3) is 0.529. The van der Waals surface area contributed by atoms with Crippen LogP contribution in [0.4, 0.5) is 10.1 Å². The first kappa shape index (κ1) is 17.4. The van der Waals surface area contributed by atoms with E-state index < -0.39 is 5.41 Å². The van der Waals surface area contributed by atoms with E-state index in [2.05, 4.69) is 5.32 Å². The first-order valence-corrected chi connectivity index (χ1v) is 7.79. The standard InChI is InChI=1S/C17H23FN2O3/c1-17(2,3)16(22)23-20-10-8-12(9-11-20)15(21)19-14-6-4-13(18)5-7-14/h4-7,12H,8-11H2,1-3H3,(H,19,21). The van der Waals surface area contributed by atoms with Gasteiger partial charge in [0.1, 0.15) is 5.82 Å². The quantitative estimate of drug-likeness (QED) is 0.929. The van der Waals surface area contributed by atoms with Crippen LogP contribution < -0.4 is 5.32 Å². The van der Waals surface area contributed by atoms with Gasteiger partial charge in [-0.25, -0.2) is 9.18 Å². The van der Waals surface area contributed by atoms with Crippen molar-refractivity contribution in [1.82, 2.24) is 5.06 Å². The van der Waals surface area contributed by atoms with Crippen molar-refractivity contribution in [3.05, 3.63) is 30.1 Å². The summed E-state index contributed by atoms with van der Waals surface area (Å²) in [7, 11) is 0. The van der Waals surface area contributed by atoms with Crippen molar-refractivity contribution in [2.45, 2.75) is 33.6 Å². The molecule has 0 spiro atoms. The van der Waals surface area contributed by atoms with E-state index in [4.69, 9.17) is 4.84 Å². The van der Waals surface area contributed by atoms with Gasteiger partial charge in [-0.3, -0.25) is 4.79 Å². The van der Waals surface area contributed by atoms with Gasteiger partial charge < -0.3 is 10.2 Å². The number of nitrogens with one attached hydrogen (secondary N) is 1. The number of hydrogen-bond donors (Lipinski definition) is 1. The van der Waals surface area contributed by atoms with Crippen molar-refractivity contribution in [2.75, 3.05) is 18.4 Å². The lowest BCUT2D eigenvalue weighted by atomic mass is 9.96. The Morgan fingerprint density at radius 3 is 2.26 bits per heavy atom. The third-order valence-corrected chi connectivity index (χ3v) is 3.76. The second-order valence-corrected chi connectivity index (χ2v) is 6.83. The SMILES string of the molecule is CC(C)(C)C(=O)ON1CCC(C(=O)Nc2ccc(F)cc2)CC1. The van der Waals surface area contributed by atoms with Crippen LogP contribution >= 0.6 is 0 Å². The number of anilines is 1. The van der Waals surface area contributed by atoms with Crippen LogP contribution in [0, 0.1) is 17.2 Å². The lowest BCUT2D eigenvalue weighted by Gasteiger charge is -2.31. The number of nitrogens with zero attached hydrogens (tertiary/aromatic N) is 1. The van der Waals surface area contributed by atoms with Gasteiger partial charge in [0.25, 0.3) is 0 Å². The van der Waals surface area contributed by atoms with Gasteiger partial charge in [0.05, 0.1) is 5.41 Å². The van der Waals surface area contributed by atoms with Crippen LogP contribution in [0.3, 0.4) is 0 Å². The molecule has 23 heavy (non-hydrogen) atoms. The summed E-state index contributed by atoms with van der Waals surface area (Å²) in [5.41, 5.74) is 0.0366. The Labute approximate surface area is 135 Å². The fourth-order valence-electron chi connectivity index (χ4n) is 2.24. The molecule has 1 heterocycles. The molecule has 0 radical (unpaired) electrons. The summed E-state index contributed by atoms with van der Waals surface area (Å²) in [5.74, 6) is -0.827. The molecule has 1 N–H and O–H groups in total. The minimum absolute atomic E-state index is 0.0848. The molecule has 2 rings (SSSR count). The molecule has 0 atom stereocenters. The number of amides is 1. The van der Waals surface area contributed by atoms with E-state index in [1.807, 2.05) is 0 Å². The number of halogens is 1. The van der Waals surface area contributed by atoms with Crippen LogP contribution in [0.1, 0.15) is 33.6 Å². The molecule has 0 saturated carbocycles. The third kappa shape index (κ3) is 5.03. The summed E-state index contributed by atoms with van der Waals surface area (Å²) in [6.07, 6.45) is 1.23. The average Bonchev–Trinajstić information content (AvgIpc) is 2.49. The largest absolute Gasteiger partial charge is 0.367 e. The number of benzene rings is 1. The molecule has 5 nitrogen and oxygen atoms in total. The predicted octanol–water partition coefficient (Wildman–Crippen LogP) is 2.98. The Hall–Kier alpha value is -1.95. The number of hydroxylamine groups is 2. The molecule has 1 saturated heterocycles. The van der Waals surface area contributed by atoms with Crippen LogP contribution in [0.5, 0.6) is 0 Å². The number of hydrogen-bond acceptors (Lipinski definition) is 4. The van der Waals surface area contributed by atoms with Crippen molar-refractivity contribution in [2.24, 2.45) is 11.3 Å². The zero-order valence-electron chi connectivity index (χ0n) is 13.8. The summed E-state index contributed by atoms with van der Waals surface area (Å²) in [6.45, 7) is 6.47. The normalized spacial score (nSPS) is 16.9. The van der Waals surface area contributed by atoms with Gasteiger partial charge >= 0.3 is 5.97 Å². The highest BCUT2D eigenvalue weighted by Gasteiger charge is 2.30. The van der Waals surface area contributed by atoms with Crippen molar-refractivity contribution in [3.63, 3.8) is 0 Å². The summed E-state index contributed by atoms with van der Waals surface area (Å²) >= 11 is 0. The van der Waals surface area contributed by atoms with Crippen molar-refractivity contribution < 1.29 is 18.8 Å². The van der Waals surface area contributed by atoms with E-state index in [0.717, 1.165) is 0 Å². The van der Waals surface area contributed by atoms with Crippen LogP contribution in [-0.4, -0.2) is 30.0 Å². The molecule has 1 aliphatic rings. The molecule has 1 aromatic carbocycles. The van der Waals surface area contributed by atoms with Gasteiger partial charge in [-0.2, -0.15) is 0 Å². The first-order valence-electron chi connectivity index (χ1n) is 7.79. The lowest BCUT2D eigenvalue weighted by molar-refractivity contribution is -0.205. The maximum atomic E-state index is 12.9. The van der Waals surface area contributed by atoms with E-state index in [-0.39, 0.29) is 23.6 Å². The minimum atomic E-state index is -0.545. The second-order valence-electron chi connectivity index (χ2n) is 6.83. The molecular formula is C17H23FN2O3. The van der Waals surface area contributed by atoms with Gasteiger partial charge in [-0.05, 0) is 57.9 Å². The third-order valence-electron chi connectivity index (χ3n) is 3.76. The molecule has 126 valence electrons. The van der Waals surface area contributed by atoms with Gasteiger partial charge in [0, 0.05) is 24.7 Å². The van der Waals surface area contributed by atoms with E-state index in [9.17, 15) is 14.0 Å². The first-order chi connectivity index (χ1) is 10.8. The fourth-order valence-corrected chi connectivity index (χ4v) is 2.24. The highest BCUT2D eigenvalue weighted by molar-refractivity contribution is 5.92. The molecular weight excluding hydrogens is 299 g/mol. The second kappa shape index (κ2) is 7.08. The molecule has 1 fully saturated rings. The van der Waals surface area contributed by atoms with Gasteiger partial charge in [0.2, 0.25) is 5.91 Å². The van der Waals surface area contributed by atoms with Crippen LogP contribution in [0.15, 0.2) is 24.3 Å². The zero-order valence-corrected chi connectivity index (χ0v) is 13.8. The molecule has 1 aromatic rings. The molecule has 1 aliphatic heterocycles. The molecule has 0 unspecified atom stereocenters. The Balaban J connectivity index is 1.81. The summed E-state index contributed by atoms with van der Waals surface area (Å²) in [6, 6.07) is 5.69. The molecule has 0 aromatic heterocycles. The van der Waals surface area contributed by atoms with Crippen LogP contribution in [-0.2, 0) is 14.4 Å². The van der Waals surface area contributed by atoms with E-state index in [0.29, 0.717) is 31.6 Å². The predicted molar refractivity (Wildman–Crippen MR) is 84.9 cm³/mol. The zero-order chi connectivity index (χ0) is 17.0. The van der Waals surface area contributed by atoms with Gasteiger partial charge in [0.15, 0.2) is 0 Å². The number of carbonyl (C=O) groups is 2. The minimum Gasteiger partial charge on any atom is -0.367 e. The summed E-state index contributed by atoms with van der Waals surface area (Å²) in [5, 5.41) is 4.41. The lowest BCUT2D eigenvalue weighted by Crippen LogP contribution is -2.41. The van der Waals surface area contributed by atoms with E-state index in [1.165, 1.54) is 24.3 Å². The molecule has 1 amide bonds. The monoisotopic (exact) mass is 322 g/mol. The van der Waals surface area contributed by atoms with Crippen LogP contribution in [0.25, 0.3) is 0 Å². The van der Waals surface area contributed by atoms with Gasteiger partial charge in [-0.1, -0.05) is 0 Å². The van der Waals surface area contributed by atoms with Gasteiger partial charge in [-0.15, -0.1) is 5.06 Å². The number of piperidine rings is 1. The highest BCUT2D eigenvalue weighted by Crippen LogP contribution is 2.22. The number of carbonyl (C=O) groups excluding carboxylic acids is 2. The number of rotatable bonds is 3. The van der Waals surface area contributed by atoms with Crippen molar-refractivity contribution in [3.8, 4) is 0 Å². The van der Waals surface area contributed by atoms with Crippen molar-refractivity contribution in [1.29, 1.82) is 0 Å². The molecule has 0 aliphatic carbocycles. The Morgan fingerprint density at radius 1 is 1.17 bits per heavy atom. The Kier molecular flexibility index (Phi) is 5.36. The van der Waals surface area contributed by atoms with E-state index >= 15 is 0 Å². The molecule has 0 bridgehead atoms. The van der Waals surface area contributed by atoms with E-state index in [1.54, 1.807) is 25.8 Å². The summed E-state index contributed by atoms with van der Waals surface area (Å²) < 4.78 is 12.9. The van der Waals surface area contributed by atoms with Crippen LogP contribution in [0.2, 0.25) is 0 Å². The molecule has 6 heteroatoms. The maximum Gasteiger partial charge on any atom is 0.330 e. The van der Waals surface area contributed by atoms with Crippen molar-refractivity contribution >= 4 is 17.6 Å². The highest BCUT2D eigenvalue weighted by atomic mass is 19.1.